The van der Waals surface area contributed by atoms with Gasteiger partial charge in [-0.15, -0.1) is 13.2 Å². The van der Waals surface area contributed by atoms with E-state index >= 15 is 4.39 Å². The second-order valence-corrected chi connectivity index (χ2v) is 17.0. The Balaban J connectivity index is 0.00000562. The molecular weight excluding hydrogens is 780 g/mol. The first-order valence-corrected chi connectivity index (χ1v) is 19.3. The summed E-state index contributed by atoms with van der Waals surface area (Å²) < 4.78 is 79.4. The van der Waals surface area contributed by atoms with E-state index in [2.05, 4.69) is 18.6 Å². The number of hydrogen-bond donors (Lipinski definition) is 0. The summed E-state index contributed by atoms with van der Waals surface area (Å²) in [5.41, 5.74) is -2.70. The van der Waals surface area contributed by atoms with E-state index in [0.717, 1.165) is 21.9 Å². The van der Waals surface area contributed by atoms with Crippen molar-refractivity contribution in [3.05, 3.63) is 65.7 Å². The smallest absolute Gasteiger partial charge is 0.458 e. The average Bonchev–Trinajstić information content (AvgIpc) is 3.10. The van der Waals surface area contributed by atoms with Crippen LogP contribution in [0.5, 0.6) is 5.75 Å². The second-order valence-electron chi connectivity index (χ2n) is 17.0. The lowest BCUT2D eigenvalue weighted by Gasteiger charge is -2.35. The summed E-state index contributed by atoms with van der Waals surface area (Å²) in [6, 6.07) is 10.3. The van der Waals surface area contributed by atoms with Crippen molar-refractivity contribution < 1.29 is 65.2 Å². The van der Waals surface area contributed by atoms with E-state index in [1.165, 1.54) is 53.4 Å². The highest BCUT2D eigenvalue weighted by Gasteiger charge is 2.41. The maximum atomic E-state index is 15.1. The number of halogens is 4. The number of amides is 2. The van der Waals surface area contributed by atoms with Crippen LogP contribution in [0.15, 0.2) is 54.6 Å². The van der Waals surface area contributed by atoms with Crippen molar-refractivity contribution in [2.24, 2.45) is 5.41 Å². The van der Waals surface area contributed by atoms with E-state index in [0.29, 0.717) is 5.56 Å². The quantitative estimate of drug-likeness (QED) is 0.0916. The molecule has 2 aromatic rings. The molecule has 332 valence electrons. The minimum atomic E-state index is -4.97. The normalized spacial score (nSPS) is 13.9. The zero-order valence-corrected chi connectivity index (χ0v) is 36.5. The minimum Gasteiger partial charge on any atom is -0.458 e. The summed E-state index contributed by atoms with van der Waals surface area (Å²) in [7, 11) is 2.46. The van der Waals surface area contributed by atoms with Crippen LogP contribution in [0.25, 0.3) is 0 Å². The molecule has 0 bridgehead atoms. The van der Waals surface area contributed by atoms with Crippen molar-refractivity contribution in [3.8, 4) is 5.75 Å². The molecule has 16 heteroatoms. The van der Waals surface area contributed by atoms with Crippen LogP contribution in [0.2, 0.25) is 0 Å². The fraction of sp³-hybridized carbons (Fsp3) is 0.605. The van der Waals surface area contributed by atoms with E-state index in [-0.39, 0.29) is 18.6 Å². The van der Waals surface area contributed by atoms with Crippen molar-refractivity contribution in [3.63, 3.8) is 0 Å². The predicted octanol–water partition coefficient (Wildman–Crippen LogP) is 8.77. The summed E-state index contributed by atoms with van der Waals surface area (Å²) in [6.07, 6.45) is -8.83. The monoisotopic (exact) mass is 842 g/mol. The minimum absolute atomic E-state index is 0.00402. The number of carbonyl (C=O) groups is 5. The van der Waals surface area contributed by atoms with Gasteiger partial charge in [0.05, 0.1) is 0 Å². The molecule has 0 aliphatic heterocycles. The third kappa shape index (κ3) is 20.6. The first-order chi connectivity index (χ1) is 27.0. The molecular formula is C43H62F4N2O10. The predicted molar refractivity (Wildman–Crippen MR) is 213 cm³/mol. The maximum Gasteiger partial charge on any atom is 0.573 e. The van der Waals surface area contributed by atoms with Gasteiger partial charge in [0, 0.05) is 26.9 Å². The van der Waals surface area contributed by atoms with Gasteiger partial charge >= 0.3 is 30.4 Å². The molecule has 0 radical (unpaired) electrons. The lowest BCUT2D eigenvalue weighted by atomic mass is 9.87. The van der Waals surface area contributed by atoms with Crippen molar-refractivity contribution >= 4 is 29.9 Å². The Kier molecular flexibility index (Phi) is 19.9. The van der Waals surface area contributed by atoms with Gasteiger partial charge in [0.25, 0.3) is 5.91 Å². The molecule has 2 aromatic carbocycles. The zero-order valence-electron chi connectivity index (χ0n) is 36.5. The standard InChI is InChI=1S/C40H54F4N2O10.C3H8/c1-25(33(48)52-24-27-15-13-12-14-16-27)53-34(49)29(22-37(2,3)4)45(10)32(47)31(21-26-17-19-28(20-18-26)55-40(42,43)44)54-35(50)30(23-39(8,9)41)46(11)36(51)56-38(5,6)7;1-3-2/h12-20,25,29-31H,21-24H2,1-11H3;3H2,1-2H3. The summed E-state index contributed by atoms with van der Waals surface area (Å²) >= 11 is 0. The second kappa shape index (κ2) is 22.5. The summed E-state index contributed by atoms with van der Waals surface area (Å²) in [4.78, 5) is 69.6. The van der Waals surface area contributed by atoms with Gasteiger partial charge in [-0.05, 0) is 76.6 Å². The van der Waals surface area contributed by atoms with Gasteiger partial charge in [-0.1, -0.05) is 83.5 Å². The van der Waals surface area contributed by atoms with Crippen LogP contribution in [0.1, 0.15) is 107 Å². The Morgan fingerprint density at radius 1 is 0.678 bits per heavy atom. The van der Waals surface area contributed by atoms with E-state index in [1.807, 2.05) is 0 Å². The topological polar surface area (TPSA) is 138 Å². The molecule has 0 saturated carbocycles. The number of ether oxygens (including phenoxy) is 5. The van der Waals surface area contributed by atoms with Crippen molar-refractivity contribution in [2.75, 3.05) is 14.1 Å². The number of benzene rings is 2. The maximum absolute atomic E-state index is 15.1. The number of likely N-dealkylation sites (N-methyl/N-ethyl adjacent to an activating group) is 2. The van der Waals surface area contributed by atoms with Crippen molar-refractivity contribution in [1.82, 2.24) is 9.80 Å². The summed E-state index contributed by atoms with van der Waals surface area (Å²) in [6.45, 7) is 18.0. The van der Waals surface area contributed by atoms with Crippen LogP contribution < -0.4 is 4.74 Å². The molecule has 0 saturated heterocycles. The van der Waals surface area contributed by atoms with Crippen LogP contribution in [-0.2, 0) is 51.2 Å². The van der Waals surface area contributed by atoms with Gasteiger partial charge in [-0.2, -0.15) is 0 Å². The first kappa shape index (κ1) is 52.1. The molecule has 0 N–H and O–H groups in total. The summed E-state index contributed by atoms with van der Waals surface area (Å²) in [5, 5.41) is 0. The SMILES string of the molecule is CC(OC(=O)C(CC(C)(C)C)N(C)C(=O)C(Cc1ccc(OC(F)(F)F)cc1)OC(=O)C(CC(C)(C)F)N(C)C(=O)OC(C)(C)C)C(=O)OCc1ccccc1.CCC. The molecule has 4 atom stereocenters. The third-order valence-electron chi connectivity index (χ3n) is 7.95. The van der Waals surface area contributed by atoms with Crippen molar-refractivity contribution in [1.29, 1.82) is 0 Å². The van der Waals surface area contributed by atoms with Crippen LogP contribution in [-0.4, -0.2) is 95.7 Å². The fourth-order valence-corrected chi connectivity index (χ4v) is 5.22. The van der Waals surface area contributed by atoms with Gasteiger partial charge < -0.3 is 28.6 Å². The molecule has 0 aliphatic rings. The molecule has 0 spiro atoms. The molecule has 2 amide bonds. The van der Waals surface area contributed by atoms with Gasteiger partial charge in [0.15, 0.2) is 12.2 Å². The lowest BCUT2D eigenvalue weighted by Crippen LogP contribution is -2.53. The molecule has 0 fully saturated rings. The number of esters is 3. The Labute approximate surface area is 345 Å². The molecule has 2 rings (SSSR count). The zero-order chi connectivity index (χ0) is 45.5. The van der Waals surface area contributed by atoms with Crippen LogP contribution >= 0.6 is 0 Å². The number of nitrogens with zero attached hydrogens (tertiary/aromatic N) is 2. The van der Waals surface area contributed by atoms with E-state index in [4.69, 9.17) is 18.9 Å². The molecule has 0 heterocycles. The largest absolute Gasteiger partial charge is 0.573 e. The van der Waals surface area contributed by atoms with Gasteiger partial charge in [0.1, 0.15) is 35.7 Å². The molecule has 59 heavy (non-hydrogen) atoms. The van der Waals surface area contributed by atoms with E-state index in [9.17, 15) is 37.1 Å². The van der Waals surface area contributed by atoms with Crippen molar-refractivity contribution in [2.45, 2.75) is 150 Å². The van der Waals surface area contributed by atoms with Crippen LogP contribution in [0.4, 0.5) is 22.4 Å². The molecule has 0 aromatic heterocycles. The third-order valence-corrected chi connectivity index (χ3v) is 7.95. The number of rotatable bonds is 16. The lowest BCUT2D eigenvalue weighted by molar-refractivity contribution is -0.274. The van der Waals surface area contributed by atoms with E-state index in [1.54, 1.807) is 71.9 Å². The highest BCUT2D eigenvalue weighted by atomic mass is 19.4. The fourth-order valence-electron chi connectivity index (χ4n) is 5.22. The van der Waals surface area contributed by atoms with Gasteiger partial charge in [-0.25, -0.2) is 23.6 Å². The van der Waals surface area contributed by atoms with Gasteiger partial charge in [0.2, 0.25) is 0 Å². The Hall–Kier alpha value is -4.89. The van der Waals surface area contributed by atoms with E-state index < -0.39 is 95.8 Å². The number of carbonyl (C=O) groups excluding carboxylic acids is 5. The molecule has 4 unspecified atom stereocenters. The highest BCUT2D eigenvalue weighted by Crippen LogP contribution is 2.28. The van der Waals surface area contributed by atoms with Crippen LogP contribution in [0, 0.1) is 5.41 Å². The van der Waals surface area contributed by atoms with Gasteiger partial charge in [-0.3, -0.25) is 9.69 Å². The number of hydrogen-bond acceptors (Lipinski definition) is 10. The number of alkyl halides is 4. The molecule has 12 nitrogen and oxygen atoms in total. The average molecular weight is 843 g/mol. The Bertz CT molecular complexity index is 1650. The Morgan fingerprint density at radius 3 is 1.66 bits per heavy atom. The molecule has 0 aliphatic carbocycles. The van der Waals surface area contributed by atoms with Crippen LogP contribution in [0.3, 0.4) is 0 Å². The highest BCUT2D eigenvalue weighted by molar-refractivity contribution is 5.90. The summed E-state index contributed by atoms with van der Waals surface area (Å²) in [5.74, 6) is -4.51. The Morgan fingerprint density at radius 2 is 1.19 bits per heavy atom. The first-order valence-electron chi connectivity index (χ1n) is 19.3.